The van der Waals surface area contributed by atoms with Crippen molar-refractivity contribution in [2.75, 3.05) is 6.54 Å². The van der Waals surface area contributed by atoms with Crippen molar-refractivity contribution >= 4 is 16.9 Å². The molecule has 0 aliphatic carbocycles. The molecule has 0 unspecified atom stereocenters. The average Bonchev–Trinajstić information content (AvgIpc) is 3.39. The van der Waals surface area contributed by atoms with E-state index in [1.54, 1.807) is 29.4 Å². The van der Waals surface area contributed by atoms with Gasteiger partial charge in [0, 0.05) is 24.0 Å². The molecule has 1 aromatic carbocycles. The summed E-state index contributed by atoms with van der Waals surface area (Å²) < 4.78 is 25.0. The first-order valence-electron chi connectivity index (χ1n) is 8.12. The van der Waals surface area contributed by atoms with Gasteiger partial charge in [-0.25, -0.2) is 14.4 Å². The molecule has 1 aliphatic rings. The van der Waals surface area contributed by atoms with Crippen LogP contribution in [0, 0.1) is 5.82 Å². The van der Waals surface area contributed by atoms with Crippen LogP contribution >= 0.6 is 0 Å². The number of nitrogens with zero attached hydrogens (tertiary/aromatic N) is 3. The van der Waals surface area contributed by atoms with E-state index in [4.69, 9.17) is 8.83 Å². The van der Waals surface area contributed by atoms with Crippen molar-refractivity contribution in [3.8, 4) is 0 Å². The Kier molecular flexibility index (Phi) is 3.18. The van der Waals surface area contributed by atoms with Gasteiger partial charge >= 0.3 is 0 Å². The molecule has 1 aliphatic heterocycles. The van der Waals surface area contributed by atoms with Gasteiger partial charge in [0.2, 0.25) is 5.76 Å². The molecule has 7 nitrogen and oxygen atoms in total. The molecule has 0 radical (unpaired) electrons. The molecule has 0 fully saturated rings. The predicted octanol–water partition coefficient (Wildman–Crippen LogP) is 3.07. The van der Waals surface area contributed by atoms with Gasteiger partial charge in [-0.15, -0.1) is 0 Å². The first-order valence-corrected chi connectivity index (χ1v) is 8.12. The van der Waals surface area contributed by atoms with Crippen LogP contribution < -0.4 is 0 Å². The summed E-state index contributed by atoms with van der Waals surface area (Å²) in [4.78, 5) is 25.8. The van der Waals surface area contributed by atoms with Crippen LogP contribution in [0.25, 0.3) is 11.0 Å². The first kappa shape index (κ1) is 14.9. The fourth-order valence-electron chi connectivity index (χ4n) is 3.43. The van der Waals surface area contributed by atoms with Crippen LogP contribution in [0.15, 0.2) is 52.0 Å². The van der Waals surface area contributed by atoms with Crippen molar-refractivity contribution in [1.82, 2.24) is 19.9 Å². The maximum atomic E-state index is 14.1. The van der Waals surface area contributed by atoms with Gasteiger partial charge in [-0.2, -0.15) is 0 Å². The number of imidazole rings is 1. The second kappa shape index (κ2) is 5.55. The first-order chi connectivity index (χ1) is 12.7. The zero-order chi connectivity index (χ0) is 17.7. The lowest BCUT2D eigenvalue weighted by Gasteiger charge is -2.32. The third kappa shape index (κ3) is 2.15. The molecule has 8 heteroatoms. The molecule has 1 N–H and O–H groups in total. The maximum absolute atomic E-state index is 14.1. The van der Waals surface area contributed by atoms with Crippen molar-refractivity contribution in [3.05, 3.63) is 71.9 Å². The standard InChI is InChI=1S/C18H13FN4O3/c19-11-3-1-2-10-6-13(26-17(10)11)16-15-12(21-8-22-15)4-5-23(16)18(24)14-7-20-9-25-14/h1-3,6-9,16H,4-5H2,(H,21,22)/t16-/m1/s1. The van der Waals surface area contributed by atoms with E-state index < -0.39 is 11.9 Å². The molecule has 3 aromatic heterocycles. The number of H-pyrrole nitrogens is 1. The highest BCUT2D eigenvalue weighted by Gasteiger charge is 2.37. The molecule has 4 heterocycles. The summed E-state index contributed by atoms with van der Waals surface area (Å²) in [6.07, 6.45) is 4.80. The van der Waals surface area contributed by atoms with Gasteiger partial charge in [0.15, 0.2) is 17.8 Å². The van der Waals surface area contributed by atoms with Gasteiger partial charge in [-0.1, -0.05) is 12.1 Å². The third-order valence-electron chi connectivity index (χ3n) is 4.61. The highest BCUT2D eigenvalue weighted by Crippen LogP contribution is 2.37. The van der Waals surface area contributed by atoms with E-state index in [0.29, 0.717) is 29.8 Å². The molecule has 130 valence electrons. The van der Waals surface area contributed by atoms with E-state index >= 15 is 0 Å². The minimum absolute atomic E-state index is 0.135. The normalized spacial score (nSPS) is 16.8. The Bertz CT molecular complexity index is 1100. The number of fused-ring (bicyclic) bond motifs is 2. The van der Waals surface area contributed by atoms with E-state index in [2.05, 4.69) is 15.0 Å². The number of oxazole rings is 1. The summed E-state index contributed by atoms with van der Waals surface area (Å²) in [5.74, 6) is -0.177. The Morgan fingerprint density at radius 3 is 3.12 bits per heavy atom. The molecule has 4 aromatic rings. The highest BCUT2D eigenvalue weighted by atomic mass is 19.1. The molecular formula is C18H13FN4O3. The number of carbonyl (C=O) groups excluding carboxylic acids is 1. The Morgan fingerprint density at radius 2 is 2.31 bits per heavy atom. The predicted molar refractivity (Wildman–Crippen MR) is 87.8 cm³/mol. The number of halogens is 1. The van der Waals surface area contributed by atoms with Crippen molar-refractivity contribution in [2.45, 2.75) is 12.5 Å². The number of benzene rings is 1. The maximum Gasteiger partial charge on any atom is 0.292 e. The van der Waals surface area contributed by atoms with Crippen LogP contribution in [0.5, 0.6) is 0 Å². The van der Waals surface area contributed by atoms with Crippen LogP contribution in [0.1, 0.15) is 33.7 Å². The Balaban J connectivity index is 1.66. The van der Waals surface area contributed by atoms with Crippen LogP contribution in [0.2, 0.25) is 0 Å². The second-order valence-corrected chi connectivity index (χ2v) is 6.09. The highest BCUT2D eigenvalue weighted by molar-refractivity contribution is 5.92. The summed E-state index contributed by atoms with van der Waals surface area (Å²) in [7, 11) is 0. The summed E-state index contributed by atoms with van der Waals surface area (Å²) in [5.41, 5.74) is 1.78. The van der Waals surface area contributed by atoms with Gasteiger partial charge in [-0.3, -0.25) is 4.79 Å². The lowest BCUT2D eigenvalue weighted by molar-refractivity contribution is 0.0640. The van der Waals surface area contributed by atoms with E-state index in [9.17, 15) is 9.18 Å². The number of furan rings is 1. The van der Waals surface area contributed by atoms with E-state index in [1.165, 1.54) is 18.7 Å². The molecule has 0 bridgehead atoms. The molecule has 0 saturated heterocycles. The molecule has 0 saturated carbocycles. The zero-order valence-electron chi connectivity index (χ0n) is 13.5. The van der Waals surface area contributed by atoms with Crippen LogP contribution in [0.4, 0.5) is 4.39 Å². The van der Waals surface area contributed by atoms with Gasteiger partial charge in [0.05, 0.1) is 18.2 Å². The number of hydrogen-bond acceptors (Lipinski definition) is 5. The number of rotatable bonds is 2. The number of aromatic nitrogens is 3. The van der Waals surface area contributed by atoms with E-state index in [0.717, 1.165) is 5.69 Å². The van der Waals surface area contributed by atoms with Crippen LogP contribution in [-0.2, 0) is 6.42 Å². The van der Waals surface area contributed by atoms with Gasteiger partial charge in [-0.05, 0) is 12.1 Å². The number of amides is 1. The SMILES string of the molecule is O=C(c1cnco1)N1CCc2[nH]cnc2[C@H]1c1cc2cccc(F)c2o1. The van der Waals surface area contributed by atoms with Crippen LogP contribution in [-0.4, -0.2) is 32.3 Å². The van der Waals surface area contributed by atoms with Crippen molar-refractivity contribution in [3.63, 3.8) is 0 Å². The quantitative estimate of drug-likeness (QED) is 0.599. The lowest BCUT2D eigenvalue weighted by atomic mass is 10.00. The van der Waals surface area contributed by atoms with E-state index in [1.807, 2.05) is 0 Å². The molecular weight excluding hydrogens is 339 g/mol. The van der Waals surface area contributed by atoms with E-state index in [-0.39, 0.29) is 17.3 Å². The van der Waals surface area contributed by atoms with Gasteiger partial charge in [0.25, 0.3) is 5.91 Å². The lowest BCUT2D eigenvalue weighted by Crippen LogP contribution is -2.40. The third-order valence-corrected chi connectivity index (χ3v) is 4.61. The molecule has 5 rings (SSSR count). The Labute approximate surface area is 146 Å². The van der Waals surface area contributed by atoms with Crippen molar-refractivity contribution < 1.29 is 18.0 Å². The summed E-state index contributed by atoms with van der Waals surface area (Å²) >= 11 is 0. The fourth-order valence-corrected chi connectivity index (χ4v) is 3.43. The van der Waals surface area contributed by atoms with Gasteiger partial charge in [0.1, 0.15) is 11.8 Å². The number of hydrogen-bond donors (Lipinski definition) is 1. The number of nitrogens with one attached hydrogen (secondary N) is 1. The summed E-state index contributed by atoms with van der Waals surface area (Å²) in [6, 6.07) is 5.90. The molecule has 1 amide bonds. The van der Waals surface area contributed by atoms with Crippen LogP contribution in [0.3, 0.4) is 0 Å². The summed E-state index contributed by atoms with van der Waals surface area (Å²) in [5, 5.41) is 0.634. The van der Waals surface area contributed by atoms with Crippen molar-refractivity contribution in [2.24, 2.45) is 0 Å². The number of aromatic amines is 1. The second-order valence-electron chi connectivity index (χ2n) is 6.09. The minimum Gasteiger partial charge on any atom is -0.455 e. The fraction of sp³-hybridized carbons (Fsp3) is 0.167. The largest absolute Gasteiger partial charge is 0.455 e. The Morgan fingerprint density at radius 1 is 1.38 bits per heavy atom. The smallest absolute Gasteiger partial charge is 0.292 e. The summed E-state index contributed by atoms with van der Waals surface area (Å²) in [6.45, 7) is 0.443. The zero-order valence-corrected chi connectivity index (χ0v) is 13.5. The molecule has 26 heavy (non-hydrogen) atoms. The molecule has 1 atom stereocenters. The topological polar surface area (TPSA) is 88.2 Å². The number of para-hydroxylation sites is 1. The van der Waals surface area contributed by atoms with Crippen molar-refractivity contribution in [1.29, 1.82) is 0 Å². The Hall–Kier alpha value is -3.42. The average molecular weight is 352 g/mol. The molecule has 0 spiro atoms. The minimum atomic E-state index is -0.575. The van der Waals surface area contributed by atoms with Gasteiger partial charge < -0.3 is 18.7 Å². The number of carbonyl (C=O) groups is 1. The monoisotopic (exact) mass is 352 g/mol.